The lowest BCUT2D eigenvalue weighted by Crippen LogP contribution is -2.46. The van der Waals surface area contributed by atoms with E-state index in [2.05, 4.69) is 78.0 Å². The van der Waals surface area contributed by atoms with Crippen LogP contribution in [0, 0.1) is 6.92 Å². The number of nitrogens with zero attached hydrogens (tertiary/aromatic N) is 4. The minimum Gasteiger partial charge on any atom is -0.357 e. The van der Waals surface area contributed by atoms with Crippen molar-refractivity contribution < 1.29 is 0 Å². The van der Waals surface area contributed by atoms with Crippen LogP contribution >= 0.6 is 24.0 Å². The average Bonchev–Trinajstić information content (AvgIpc) is 3.08. The minimum atomic E-state index is -0.138. The van der Waals surface area contributed by atoms with Gasteiger partial charge in [0, 0.05) is 24.7 Å². The summed E-state index contributed by atoms with van der Waals surface area (Å²) in [7, 11) is 0. The molecule has 1 aliphatic rings. The molecule has 0 saturated heterocycles. The summed E-state index contributed by atoms with van der Waals surface area (Å²) in [4.78, 5) is 9.50. The zero-order chi connectivity index (χ0) is 20.9. The van der Waals surface area contributed by atoms with Crippen molar-refractivity contribution in [3.05, 3.63) is 47.5 Å². The monoisotopic (exact) mass is 525 g/mol. The Morgan fingerprint density at radius 1 is 1.30 bits per heavy atom. The van der Waals surface area contributed by atoms with Gasteiger partial charge >= 0.3 is 0 Å². The molecule has 0 aliphatic carbocycles. The van der Waals surface area contributed by atoms with E-state index in [0.717, 1.165) is 43.5 Å². The third-order valence-corrected chi connectivity index (χ3v) is 5.18. The summed E-state index contributed by atoms with van der Waals surface area (Å²) in [6.45, 7) is 13.0. The summed E-state index contributed by atoms with van der Waals surface area (Å²) in [5.41, 5.74) is 1.15. The molecule has 0 saturated carbocycles. The first kappa shape index (κ1) is 24.6. The Morgan fingerprint density at radius 3 is 2.73 bits per heavy atom. The summed E-state index contributed by atoms with van der Waals surface area (Å²) in [5.74, 6) is 2.67. The molecule has 0 fully saturated rings. The molecule has 3 rings (SSSR count). The van der Waals surface area contributed by atoms with Gasteiger partial charge in [-0.15, -0.1) is 24.0 Å². The molecule has 7 nitrogen and oxygen atoms in total. The molecule has 166 valence electrons. The Hall–Kier alpha value is -1.68. The fraction of sp³-hybridized carbons (Fsp3) is 0.591. The number of halogens is 1. The molecular weight excluding hydrogens is 489 g/mol. The first-order chi connectivity index (χ1) is 13.9. The highest BCUT2D eigenvalue weighted by Gasteiger charge is 2.25. The molecule has 8 heteroatoms. The van der Waals surface area contributed by atoms with Crippen LogP contribution in [0.2, 0.25) is 0 Å². The first-order valence-corrected chi connectivity index (χ1v) is 10.7. The lowest BCUT2D eigenvalue weighted by atomic mass is 10.0. The number of fused-ring (bicyclic) bond motifs is 1. The van der Waals surface area contributed by atoms with Crippen LogP contribution in [-0.2, 0) is 6.54 Å². The van der Waals surface area contributed by atoms with Gasteiger partial charge < -0.3 is 16.0 Å². The van der Waals surface area contributed by atoms with Crippen LogP contribution < -0.4 is 16.0 Å². The first-order valence-electron chi connectivity index (χ1n) is 10.7. The van der Waals surface area contributed by atoms with Crippen molar-refractivity contribution in [1.82, 2.24) is 30.7 Å². The maximum absolute atomic E-state index is 4.88. The molecule has 2 atom stereocenters. The van der Waals surface area contributed by atoms with Crippen molar-refractivity contribution >= 4 is 29.9 Å². The molecule has 1 aromatic heterocycles. The lowest BCUT2D eigenvalue weighted by Gasteiger charge is -2.30. The van der Waals surface area contributed by atoms with E-state index in [-0.39, 0.29) is 41.6 Å². The highest BCUT2D eigenvalue weighted by atomic mass is 127. The summed E-state index contributed by atoms with van der Waals surface area (Å²) in [6, 6.07) is 10.9. The van der Waals surface area contributed by atoms with Gasteiger partial charge in [-0.1, -0.05) is 30.3 Å². The Kier molecular flexibility index (Phi) is 9.09. The van der Waals surface area contributed by atoms with Gasteiger partial charge in [-0.3, -0.25) is 4.99 Å². The number of aryl methyl sites for hydroxylation is 2. The fourth-order valence-electron chi connectivity index (χ4n) is 3.82. The van der Waals surface area contributed by atoms with Crippen LogP contribution in [0.15, 0.2) is 35.3 Å². The Balaban J connectivity index is 0.00000320. The van der Waals surface area contributed by atoms with E-state index in [1.807, 2.05) is 17.7 Å². The van der Waals surface area contributed by atoms with Crippen LogP contribution in [0.3, 0.4) is 0 Å². The normalized spacial score (nSPS) is 17.6. The summed E-state index contributed by atoms with van der Waals surface area (Å²) in [5, 5.41) is 15.2. The standard InChI is InChI=1S/C22H35N7.HI/c1-6-23-21(26-19-13-10-14-29-20(19)25-17(3)28-29)24-15-22(4,5)27-16(2)18-11-8-7-9-12-18;/h7-9,11-12,16,19,27H,6,10,13-15H2,1-5H3,(H2,23,24,26);1H. The van der Waals surface area contributed by atoms with Crippen molar-refractivity contribution in [1.29, 1.82) is 0 Å². The van der Waals surface area contributed by atoms with E-state index >= 15 is 0 Å². The van der Waals surface area contributed by atoms with Crippen LogP contribution in [-0.4, -0.2) is 39.4 Å². The summed E-state index contributed by atoms with van der Waals surface area (Å²) < 4.78 is 2.02. The van der Waals surface area contributed by atoms with Gasteiger partial charge in [0.15, 0.2) is 5.96 Å². The topological polar surface area (TPSA) is 79.2 Å². The lowest BCUT2D eigenvalue weighted by molar-refractivity contribution is 0.355. The van der Waals surface area contributed by atoms with Crippen LogP contribution in [0.25, 0.3) is 0 Å². The zero-order valence-electron chi connectivity index (χ0n) is 18.8. The van der Waals surface area contributed by atoms with E-state index < -0.39 is 0 Å². The minimum absolute atomic E-state index is 0. The molecular formula is C22H36IN7. The van der Waals surface area contributed by atoms with Crippen molar-refractivity contribution in [2.45, 2.75) is 71.6 Å². The van der Waals surface area contributed by atoms with E-state index in [1.165, 1.54) is 5.56 Å². The molecule has 0 amide bonds. The molecule has 2 aromatic rings. The van der Waals surface area contributed by atoms with Crippen LogP contribution in [0.1, 0.15) is 69.8 Å². The number of aromatic nitrogens is 3. The van der Waals surface area contributed by atoms with Gasteiger partial charge in [-0.2, -0.15) is 5.10 Å². The van der Waals surface area contributed by atoms with Gasteiger partial charge in [0.25, 0.3) is 0 Å². The predicted octanol–water partition coefficient (Wildman–Crippen LogP) is 3.72. The molecule has 1 aliphatic heterocycles. The Bertz CT molecular complexity index is 816. The zero-order valence-corrected chi connectivity index (χ0v) is 21.1. The number of guanidine groups is 1. The quantitative estimate of drug-likeness (QED) is 0.292. The van der Waals surface area contributed by atoms with Crippen LogP contribution in [0.5, 0.6) is 0 Å². The highest BCUT2D eigenvalue weighted by molar-refractivity contribution is 14.0. The summed E-state index contributed by atoms with van der Waals surface area (Å²) in [6.07, 6.45) is 2.13. The molecule has 30 heavy (non-hydrogen) atoms. The number of hydrogen-bond acceptors (Lipinski definition) is 4. The maximum atomic E-state index is 4.88. The maximum Gasteiger partial charge on any atom is 0.191 e. The van der Waals surface area contributed by atoms with E-state index in [9.17, 15) is 0 Å². The third kappa shape index (κ3) is 6.66. The van der Waals surface area contributed by atoms with Gasteiger partial charge in [-0.25, -0.2) is 9.67 Å². The van der Waals surface area contributed by atoms with Crippen LogP contribution in [0.4, 0.5) is 0 Å². The number of rotatable bonds is 7. The smallest absolute Gasteiger partial charge is 0.191 e. The fourth-order valence-corrected chi connectivity index (χ4v) is 3.82. The van der Waals surface area contributed by atoms with Crippen molar-refractivity contribution in [3.8, 4) is 0 Å². The number of aliphatic imine (C=N–C) groups is 1. The second-order valence-electron chi connectivity index (χ2n) is 8.44. The van der Waals surface area contributed by atoms with E-state index in [0.29, 0.717) is 6.54 Å². The molecule has 3 N–H and O–H groups in total. The Morgan fingerprint density at radius 2 is 2.03 bits per heavy atom. The predicted molar refractivity (Wildman–Crippen MR) is 133 cm³/mol. The molecule has 0 spiro atoms. The van der Waals surface area contributed by atoms with Crippen molar-refractivity contribution in [2.24, 2.45) is 4.99 Å². The average molecular weight is 525 g/mol. The summed E-state index contributed by atoms with van der Waals surface area (Å²) >= 11 is 0. The Labute approximate surface area is 197 Å². The van der Waals surface area contributed by atoms with Crippen molar-refractivity contribution in [2.75, 3.05) is 13.1 Å². The van der Waals surface area contributed by atoms with Gasteiger partial charge in [-0.05, 0) is 53.0 Å². The molecule has 2 unspecified atom stereocenters. The van der Waals surface area contributed by atoms with Gasteiger partial charge in [0.1, 0.15) is 11.6 Å². The number of hydrogen-bond donors (Lipinski definition) is 3. The molecule has 0 bridgehead atoms. The number of nitrogens with one attached hydrogen (secondary N) is 3. The van der Waals surface area contributed by atoms with E-state index in [4.69, 9.17) is 4.99 Å². The third-order valence-electron chi connectivity index (χ3n) is 5.18. The molecule has 0 radical (unpaired) electrons. The molecule has 2 heterocycles. The van der Waals surface area contributed by atoms with Gasteiger partial charge in [0.05, 0.1) is 12.6 Å². The van der Waals surface area contributed by atoms with E-state index in [1.54, 1.807) is 0 Å². The second-order valence-corrected chi connectivity index (χ2v) is 8.44. The second kappa shape index (κ2) is 11.1. The van der Waals surface area contributed by atoms with Crippen molar-refractivity contribution in [3.63, 3.8) is 0 Å². The SMILES string of the molecule is CCNC(=NCC(C)(C)NC(C)c1ccccc1)NC1CCCn2nc(C)nc21.I. The highest BCUT2D eigenvalue weighted by Crippen LogP contribution is 2.23. The molecule has 1 aromatic carbocycles. The van der Waals surface area contributed by atoms with Gasteiger partial charge in [0.2, 0.25) is 0 Å². The largest absolute Gasteiger partial charge is 0.357 e. The number of benzene rings is 1.